The van der Waals surface area contributed by atoms with Crippen LogP contribution in [0.15, 0.2) is 116 Å². The third-order valence-corrected chi connectivity index (χ3v) is 9.71. The van der Waals surface area contributed by atoms with Crippen molar-refractivity contribution in [3.05, 3.63) is 127 Å². The van der Waals surface area contributed by atoms with Crippen LogP contribution in [0.25, 0.3) is 33.6 Å². The molecule has 1 spiro atoms. The maximum atomic E-state index is 2.58. The Bertz CT molecular complexity index is 1580. The molecule has 2 nitrogen and oxygen atoms in total. The van der Waals surface area contributed by atoms with Crippen molar-refractivity contribution in [1.29, 1.82) is 0 Å². The molecule has 2 aliphatic rings. The topological polar surface area (TPSA) is 7.76 Å². The molecule has 0 N–H and O–H groups in total. The van der Waals surface area contributed by atoms with Crippen molar-refractivity contribution >= 4 is 13.3 Å². The first-order valence-corrected chi connectivity index (χ1v) is 15.9. The van der Waals surface area contributed by atoms with Crippen LogP contribution in [-0.4, -0.2) is 8.07 Å². The van der Waals surface area contributed by atoms with Gasteiger partial charge in [0, 0.05) is 23.4 Å². The number of fused-ring (bicyclic) bond motifs is 10. The minimum Gasteiger partial charge on any atom is -0.126 e. The van der Waals surface area contributed by atoms with E-state index in [0.717, 1.165) is 0 Å². The monoisotopic (exact) mass is 468 g/mol. The Kier molecular flexibility index (Phi) is 4.16. The van der Waals surface area contributed by atoms with E-state index in [0.29, 0.717) is 0 Å². The van der Waals surface area contributed by atoms with Crippen LogP contribution in [0.2, 0.25) is 19.6 Å². The summed E-state index contributed by atoms with van der Waals surface area (Å²) in [5, 5.41) is 1.49. The molecule has 0 saturated heterocycles. The second-order valence-electron chi connectivity index (χ2n) is 10.7. The number of aromatic nitrogens is 2. The van der Waals surface area contributed by atoms with Gasteiger partial charge in [-0.2, -0.15) is 0 Å². The van der Waals surface area contributed by atoms with Gasteiger partial charge in [-0.3, -0.25) is 0 Å². The molecule has 0 amide bonds. The molecule has 35 heavy (non-hydrogen) atoms. The fraction of sp³-hybridized carbons (Fsp3) is 0.125. The highest BCUT2D eigenvalue weighted by molar-refractivity contribution is 6.89. The summed E-state index contributed by atoms with van der Waals surface area (Å²) in [6.45, 7) is 7.38. The molecular formula is C32H28N2Si+2. The maximum absolute atomic E-state index is 2.58. The van der Waals surface area contributed by atoms with Crippen LogP contribution in [-0.2, 0) is 5.66 Å². The molecule has 2 aliphatic heterocycles. The van der Waals surface area contributed by atoms with Crippen LogP contribution < -0.4 is 14.3 Å². The van der Waals surface area contributed by atoms with Gasteiger partial charge in [0.25, 0.3) is 0 Å². The zero-order valence-electron chi connectivity index (χ0n) is 20.4. The lowest BCUT2D eigenvalue weighted by Crippen LogP contribution is -2.72. The quantitative estimate of drug-likeness (QED) is 0.226. The van der Waals surface area contributed by atoms with Crippen molar-refractivity contribution in [3.63, 3.8) is 0 Å². The van der Waals surface area contributed by atoms with Gasteiger partial charge in [-0.1, -0.05) is 74.2 Å². The van der Waals surface area contributed by atoms with Crippen LogP contribution in [0.1, 0.15) is 11.1 Å². The summed E-state index contributed by atoms with van der Waals surface area (Å²) in [6.07, 6.45) is 4.75. The van der Waals surface area contributed by atoms with Crippen molar-refractivity contribution in [2.45, 2.75) is 25.3 Å². The first kappa shape index (κ1) is 20.5. The van der Waals surface area contributed by atoms with E-state index >= 15 is 0 Å². The van der Waals surface area contributed by atoms with Crippen molar-refractivity contribution in [2.24, 2.45) is 0 Å². The summed E-state index contributed by atoms with van der Waals surface area (Å²) in [4.78, 5) is 0. The van der Waals surface area contributed by atoms with Gasteiger partial charge in [0.15, 0.2) is 12.4 Å². The number of rotatable bonds is 2. The smallest absolute Gasteiger partial charge is 0.126 e. The normalized spacial score (nSPS) is 17.1. The lowest BCUT2D eigenvalue weighted by molar-refractivity contribution is -0.954. The van der Waals surface area contributed by atoms with Crippen LogP contribution in [0.4, 0.5) is 0 Å². The predicted octanol–water partition coefficient (Wildman–Crippen LogP) is 5.73. The minimum absolute atomic E-state index is 0.428. The highest BCUT2D eigenvalue weighted by atomic mass is 28.3. The maximum Gasteiger partial charge on any atom is 0.417 e. The summed E-state index contributed by atoms with van der Waals surface area (Å²) in [5.41, 5.74) is 10.1. The van der Waals surface area contributed by atoms with Gasteiger partial charge < -0.3 is 0 Å². The molecule has 168 valence electrons. The lowest BCUT2D eigenvalue weighted by Gasteiger charge is -2.22. The van der Waals surface area contributed by atoms with Gasteiger partial charge >= 0.3 is 5.66 Å². The molecular weight excluding hydrogens is 440 g/mol. The summed E-state index contributed by atoms with van der Waals surface area (Å²) < 4.78 is 5.07. The zero-order chi connectivity index (χ0) is 23.8. The molecule has 0 bridgehead atoms. The molecule has 0 radical (unpaired) electrons. The van der Waals surface area contributed by atoms with Gasteiger partial charge in [-0.05, 0) is 41.5 Å². The van der Waals surface area contributed by atoms with E-state index in [9.17, 15) is 0 Å². The van der Waals surface area contributed by atoms with E-state index in [1.165, 1.54) is 50.0 Å². The van der Waals surface area contributed by atoms with Gasteiger partial charge in [0.2, 0.25) is 11.4 Å². The first-order valence-electron chi connectivity index (χ1n) is 12.4. The van der Waals surface area contributed by atoms with E-state index < -0.39 is 13.7 Å². The van der Waals surface area contributed by atoms with Gasteiger partial charge in [-0.15, -0.1) is 9.13 Å². The van der Waals surface area contributed by atoms with Crippen LogP contribution in [0.3, 0.4) is 0 Å². The number of hydrogen-bond acceptors (Lipinski definition) is 0. The average molecular weight is 469 g/mol. The predicted molar refractivity (Wildman–Crippen MR) is 144 cm³/mol. The standard InChI is InChI=1S/C32H28N2Si/c1-35(2,3)31-22-34-30(21-26(31)23-13-5-4-6-14-23)25-16-8-10-18-28(25)32(34)27-17-9-7-15-24(27)29-19-11-12-20-33(29)32/h4-22H,1-3H3/q+2. The number of pyridine rings is 2. The second-order valence-corrected chi connectivity index (χ2v) is 15.7. The Morgan fingerprint density at radius 3 is 1.86 bits per heavy atom. The average Bonchev–Trinajstić information content (AvgIpc) is 3.35. The van der Waals surface area contributed by atoms with E-state index in [1.54, 1.807) is 0 Å². The van der Waals surface area contributed by atoms with Crippen LogP contribution in [0.5, 0.6) is 0 Å². The van der Waals surface area contributed by atoms with Crippen molar-refractivity contribution in [3.8, 4) is 33.6 Å². The molecule has 7 rings (SSSR count). The summed E-state index contributed by atoms with van der Waals surface area (Å²) in [7, 11) is -1.69. The first-order chi connectivity index (χ1) is 17.0. The molecule has 2 aromatic heterocycles. The Morgan fingerprint density at radius 1 is 0.571 bits per heavy atom. The van der Waals surface area contributed by atoms with Crippen LogP contribution >= 0.6 is 0 Å². The van der Waals surface area contributed by atoms with E-state index in [4.69, 9.17) is 0 Å². The van der Waals surface area contributed by atoms with E-state index in [2.05, 4.69) is 144 Å². The molecule has 0 saturated carbocycles. The third kappa shape index (κ3) is 2.64. The minimum atomic E-state index is -1.69. The van der Waals surface area contributed by atoms with Crippen molar-refractivity contribution in [2.75, 3.05) is 0 Å². The van der Waals surface area contributed by atoms with Gasteiger partial charge in [0.1, 0.15) is 11.1 Å². The molecule has 1 unspecified atom stereocenters. The van der Waals surface area contributed by atoms with Gasteiger partial charge in [0.05, 0.1) is 19.2 Å². The van der Waals surface area contributed by atoms with Crippen molar-refractivity contribution < 1.29 is 9.13 Å². The van der Waals surface area contributed by atoms with E-state index in [1.807, 2.05) is 0 Å². The van der Waals surface area contributed by atoms with Crippen LogP contribution in [0, 0.1) is 0 Å². The molecule has 1 atom stereocenters. The summed E-state index contributed by atoms with van der Waals surface area (Å²) >= 11 is 0. The SMILES string of the molecule is C[Si](C)(C)c1c[n+]2c(cc1-c1ccccc1)-c1ccccc1C21c2ccccc2-c2cccc[n+]21. The zero-order valence-corrected chi connectivity index (χ0v) is 21.4. The number of hydrogen-bond donors (Lipinski definition) is 0. The number of nitrogens with zero attached hydrogens (tertiary/aromatic N) is 2. The number of benzene rings is 3. The van der Waals surface area contributed by atoms with Gasteiger partial charge in [-0.25, -0.2) is 0 Å². The summed E-state index contributed by atoms with van der Waals surface area (Å²) in [5.74, 6) is 0. The Labute approximate surface area is 207 Å². The molecule has 3 heteroatoms. The second kappa shape index (κ2) is 7.09. The summed E-state index contributed by atoms with van der Waals surface area (Å²) in [6, 6.07) is 37.9. The highest BCUT2D eigenvalue weighted by Crippen LogP contribution is 2.47. The Morgan fingerprint density at radius 2 is 1.17 bits per heavy atom. The highest BCUT2D eigenvalue weighted by Gasteiger charge is 2.66. The molecule has 0 aliphatic carbocycles. The fourth-order valence-corrected chi connectivity index (χ4v) is 7.77. The Hall–Kier alpha value is -3.82. The third-order valence-electron chi connectivity index (χ3n) is 7.70. The largest absolute Gasteiger partial charge is 0.417 e. The fourth-order valence-electron chi connectivity index (χ4n) is 6.23. The molecule has 3 aromatic carbocycles. The Balaban J connectivity index is 1.66. The molecule has 0 fully saturated rings. The molecule has 5 aromatic rings. The van der Waals surface area contributed by atoms with E-state index in [-0.39, 0.29) is 0 Å². The van der Waals surface area contributed by atoms with Crippen molar-refractivity contribution in [1.82, 2.24) is 0 Å². The lowest BCUT2D eigenvalue weighted by atomic mass is 9.90. The molecule has 4 heterocycles.